The highest BCUT2D eigenvalue weighted by Crippen LogP contribution is 2.42. The first-order valence-corrected chi connectivity index (χ1v) is 6.83. The van der Waals surface area contributed by atoms with Crippen LogP contribution >= 0.6 is 0 Å². The van der Waals surface area contributed by atoms with Gasteiger partial charge in [0, 0.05) is 23.6 Å². The Kier molecular flexibility index (Phi) is 3.99. The highest BCUT2D eigenvalue weighted by molar-refractivity contribution is 5.94. The predicted molar refractivity (Wildman–Crippen MR) is 75.9 cm³/mol. The fraction of sp³-hybridized carbons (Fsp3) is 0.533. The number of ether oxygens (including phenoxy) is 1. The lowest BCUT2D eigenvalue weighted by Crippen LogP contribution is -2.62. The second-order valence-corrected chi connectivity index (χ2v) is 5.76. The number of anilines is 1. The zero-order valence-corrected chi connectivity index (χ0v) is 12.1. The minimum absolute atomic E-state index is 0.0344. The van der Waals surface area contributed by atoms with Crippen LogP contribution in [-0.2, 0) is 4.74 Å². The van der Waals surface area contributed by atoms with E-state index in [1.807, 2.05) is 6.92 Å². The molecule has 2 atom stereocenters. The number of amides is 1. The highest BCUT2D eigenvalue weighted by atomic mass is 19.1. The Bertz CT molecular complexity index is 517. The fourth-order valence-corrected chi connectivity index (χ4v) is 2.52. The molecule has 5 heteroatoms. The van der Waals surface area contributed by atoms with Gasteiger partial charge >= 0.3 is 0 Å². The Balaban J connectivity index is 2.01. The summed E-state index contributed by atoms with van der Waals surface area (Å²) >= 11 is 0. The molecule has 1 fully saturated rings. The van der Waals surface area contributed by atoms with Gasteiger partial charge in [-0.2, -0.15) is 0 Å². The minimum atomic E-state index is -0.572. The molecule has 0 heterocycles. The maximum Gasteiger partial charge on any atom is 0.251 e. The van der Waals surface area contributed by atoms with Gasteiger partial charge in [-0.25, -0.2) is 4.39 Å². The number of nitrogens with one attached hydrogen (secondary N) is 1. The van der Waals surface area contributed by atoms with Crippen molar-refractivity contribution in [3.8, 4) is 0 Å². The van der Waals surface area contributed by atoms with Crippen LogP contribution in [0, 0.1) is 11.2 Å². The van der Waals surface area contributed by atoms with Gasteiger partial charge in [0.25, 0.3) is 5.91 Å². The van der Waals surface area contributed by atoms with E-state index in [0.29, 0.717) is 6.61 Å². The number of nitrogens with two attached hydrogens (primary N) is 1. The summed E-state index contributed by atoms with van der Waals surface area (Å²) in [6.45, 7) is 6.74. The van der Waals surface area contributed by atoms with Gasteiger partial charge in [-0.3, -0.25) is 4.79 Å². The van der Waals surface area contributed by atoms with Crippen LogP contribution in [-0.4, -0.2) is 24.7 Å². The molecule has 0 aliphatic heterocycles. The molecule has 1 aliphatic carbocycles. The van der Waals surface area contributed by atoms with E-state index >= 15 is 0 Å². The number of carbonyl (C=O) groups is 1. The Hall–Kier alpha value is -1.62. The summed E-state index contributed by atoms with van der Waals surface area (Å²) in [5.41, 5.74) is 5.61. The molecule has 110 valence electrons. The largest absolute Gasteiger partial charge is 0.396 e. The Morgan fingerprint density at radius 1 is 1.55 bits per heavy atom. The monoisotopic (exact) mass is 280 g/mol. The van der Waals surface area contributed by atoms with Crippen molar-refractivity contribution < 1.29 is 13.9 Å². The number of benzene rings is 1. The van der Waals surface area contributed by atoms with Gasteiger partial charge in [0.2, 0.25) is 0 Å². The van der Waals surface area contributed by atoms with E-state index < -0.39 is 5.82 Å². The van der Waals surface area contributed by atoms with E-state index in [1.54, 1.807) is 0 Å². The van der Waals surface area contributed by atoms with Crippen molar-refractivity contribution in [2.45, 2.75) is 39.3 Å². The quantitative estimate of drug-likeness (QED) is 0.832. The summed E-state index contributed by atoms with van der Waals surface area (Å²) in [5, 5.41) is 2.93. The molecule has 0 aromatic heterocycles. The third-order valence-electron chi connectivity index (χ3n) is 4.11. The van der Waals surface area contributed by atoms with E-state index in [-0.39, 0.29) is 34.7 Å². The van der Waals surface area contributed by atoms with Gasteiger partial charge < -0.3 is 15.8 Å². The number of nitrogen functional groups attached to an aromatic ring is 1. The zero-order chi connectivity index (χ0) is 14.9. The van der Waals surface area contributed by atoms with Crippen molar-refractivity contribution in [2.24, 2.45) is 5.41 Å². The summed E-state index contributed by atoms with van der Waals surface area (Å²) in [5.74, 6) is -0.852. The molecule has 2 unspecified atom stereocenters. The van der Waals surface area contributed by atoms with E-state index in [4.69, 9.17) is 10.5 Å². The first-order valence-electron chi connectivity index (χ1n) is 6.83. The van der Waals surface area contributed by atoms with Crippen LogP contribution in [0.2, 0.25) is 0 Å². The number of hydrogen-bond donors (Lipinski definition) is 2. The third kappa shape index (κ3) is 2.63. The molecule has 0 bridgehead atoms. The van der Waals surface area contributed by atoms with E-state index in [1.165, 1.54) is 12.1 Å². The molecule has 4 nitrogen and oxygen atoms in total. The minimum Gasteiger partial charge on any atom is -0.396 e. The van der Waals surface area contributed by atoms with Gasteiger partial charge in [-0.1, -0.05) is 13.8 Å². The summed E-state index contributed by atoms with van der Waals surface area (Å²) < 4.78 is 19.0. The van der Waals surface area contributed by atoms with Crippen molar-refractivity contribution in [1.82, 2.24) is 5.32 Å². The number of rotatable bonds is 4. The average Bonchev–Trinajstić information content (AvgIpc) is 2.40. The second kappa shape index (κ2) is 5.40. The Labute approximate surface area is 118 Å². The molecule has 1 aliphatic rings. The van der Waals surface area contributed by atoms with Gasteiger partial charge in [-0.15, -0.1) is 0 Å². The molecule has 3 N–H and O–H groups in total. The predicted octanol–water partition coefficient (Wildman–Crippen LogP) is 2.34. The van der Waals surface area contributed by atoms with Gasteiger partial charge in [0.15, 0.2) is 0 Å². The summed E-state index contributed by atoms with van der Waals surface area (Å²) in [4.78, 5) is 12.1. The van der Waals surface area contributed by atoms with E-state index in [0.717, 1.165) is 12.5 Å². The number of hydrogen-bond acceptors (Lipinski definition) is 3. The molecule has 1 aromatic rings. The standard InChI is InChI=1S/C15H21FN2O2/c1-4-20-13-8-12(15(13,2)3)18-14(19)9-5-6-11(17)10(16)7-9/h5-7,12-13H,4,8,17H2,1-3H3,(H,18,19). The van der Waals surface area contributed by atoms with Gasteiger partial charge in [-0.05, 0) is 31.5 Å². The molecular weight excluding hydrogens is 259 g/mol. The SMILES string of the molecule is CCOC1CC(NC(=O)c2ccc(N)c(F)c2)C1(C)C. The van der Waals surface area contributed by atoms with Crippen LogP contribution in [0.25, 0.3) is 0 Å². The summed E-state index contributed by atoms with van der Waals surface area (Å²) in [6, 6.07) is 4.13. The van der Waals surface area contributed by atoms with Crippen LogP contribution < -0.4 is 11.1 Å². The molecule has 0 spiro atoms. The lowest BCUT2D eigenvalue weighted by atomic mass is 9.64. The molecule has 1 saturated carbocycles. The van der Waals surface area contributed by atoms with Crippen LogP contribution in [0.1, 0.15) is 37.6 Å². The van der Waals surface area contributed by atoms with Crippen LogP contribution in [0.4, 0.5) is 10.1 Å². The second-order valence-electron chi connectivity index (χ2n) is 5.76. The lowest BCUT2D eigenvalue weighted by Gasteiger charge is -2.51. The average molecular weight is 280 g/mol. The van der Waals surface area contributed by atoms with E-state index in [2.05, 4.69) is 19.2 Å². The number of carbonyl (C=O) groups excluding carboxylic acids is 1. The van der Waals surface area contributed by atoms with Gasteiger partial charge in [0.05, 0.1) is 11.8 Å². The lowest BCUT2D eigenvalue weighted by molar-refractivity contribution is -0.111. The number of halogens is 1. The smallest absolute Gasteiger partial charge is 0.251 e. The Morgan fingerprint density at radius 3 is 2.80 bits per heavy atom. The first-order chi connectivity index (χ1) is 9.36. The molecule has 0 radical (unpaired) electrons. The van der Waals surface area contributed by atoms with E-state index in [9.17, 15) is 9.18 Å². The molecule has 1 amide bonds. The topological polar surface area (TPSA) is 64.3 Å². The normalized spacial score (nSPS) is 24.0. The molecule has 2 rings (SSSR count). The van der Waals surface area contributed by atoms with Crippen molar-refractivity contribution >= 4 is 11.6 Å². The third-order valence-corrected chi connectivity index (χ3v) is 4.11. The van der Waals surface area contributed by atoms with Crippen molar-refractivity contribution in [3.05, 3.63) is 29.6 Å². The molecule has 1 aromatic carbocycles. The summed E-state index contributed by atoms with van der Waals surface area (Å²) in [6.07, 6.45) is 0.935. The van der Waals surface area contributed by atoms with Crippen LogP contribution in [0.5, 0.6) is 0 Å². The maximum absolute atomic E-state index is 13.4. The fourth-order valence-electron chi connectivity index (χ4n) is 2.52. The van der Waals surface area contributed by atoms with Crippen molar-refractivity contribution in [2.75, 3.05) is 12.3 Å². The first kappa shape index (κ1) is 14.8. The van der Waals surface area contributed by atoms with Crippen molar-refractivity contribution in [1.29, 1.82) is 0 Å². The highest BCUT2D eigenvalue weighted by Gasteiger charge is 2.49. The molecular formula is C15H21FN2O2. The van der Waals surface area contributed by atoms with Crippen LogP contribution in [0.15, 0.2) is 18.2 Å². The van der Waals surface area contributed by atoms with Crippen LogP contribution in [0.3, 0.4) is 0 Å². The molecule has 0 saturated heterocycles. The van der Waals surface area contributed by atoms with Crippen molar-refractivity contribution in [3.63, 3.8) is 0 Å². The van der Waals surface area contributed by atoms with Gasteiger partial charge in [0.1, 0.15) is 5.82 Å². The molecule has 20 heavy (non-hydrogen) atoms. The zero-order valence-electron chi connectivity index (χ0n) is 12.1. The maximum atomic E-state index is 13.4. The summed E-state index contributed by atoms with van der Waals surface area (Å²) in [7, 11) is 0. The Morgan fingerprint density at radius 2 is 2.25 bits per heavy atom.